The van der Waals surface area contributed by atoms with Gasteiger partial charge in [0.2, 0.25) is 0 Å². The van der Waals surface area contributed by atoms with Gasteiger partial charge in [-0.15, -0.1) is 0 Å². The van der Waals surface area contributed by atoms with Gasteiger partial charge in [-0.2, -0.15) is 0 Å². The molecule has 3 rings (SSSR count). The Labute approximate surface area is 221 Å². The second-order valence-corrected chi connectivity index (χ2v) is 15.4. The summed E-state index contributed by atoms with van der Waals surface area (Å²) < 4.78 is 13.4. The molecule has 5 heteroatoms. The molecule has 0 heterocycles. The van der Waals surface area contributed by atoms with E-state index < -0.39 is 5.69 Å². The van der Waals surface area contributed by atoms with Crippen LogP contribution >= 0.6 is 17.1 Å². The highest BCUT2D eigenvalue weighted by atomic mass is 32.9. The highest BCUT2D eigenvalue weighted by Gasteiger charge is 2.27. The van der Waals surface area contributed by atoms with Crippen molar-refractivity contribution >= 4 is 28.9 Å². The third-order valence-corrected chi connectivity index (χ3v) is 11.1. The van der Waals surface area contributed by atoms with E-state index in [1.807, 2.05) is 12.1 Å². The SMILES string of the molecule is CCCC(C)c1ccccc1OP(=S)(Oc1ccccc1C(C)CCC)SCCc1ccccc1. The Hall–Kier alpha value is -1.74. The molecule has 35 heavy (non-hydrogen) atoms. The topological polar surface area (TPSA) is 18.5 Å². The third-order valence-electron chi connectivity index (χ3n) is 6.25. The summed E-state index contributed by atoms with van der Waals surface area (Å²) >= 11 is 7.89. The van der Waals surface area contributed by atoms with E-state index in [0.29, 0.717) is 11.8 Å². The van der Waals surface area contributed by atoms with Gasteiger partial charge < -0.3 is 9.05 Å². The summed E-state index contributed by atoms with van der Waals surface area (Å²) in [7, 11) is 0. The van der Waals surface area contributed by atoms with Crippen LogP contribution in [0.5, 0.6) is 11.5 Å². The monoisotopic (exact) mass is 526 g/mol. The van der Waals surface area contributed by atoms with Gasteiger partial charge in [-0.1, -0.05) is 107 Å². The average molecular weight is 527 g/mol. The fraction of sp³-hybridized carbons (Fsp3) is 0.400. The van der Waals surface area contributed by atoms with Gasteiger partial charge >= 0.3 is 5.69 Å². The zero-order valence-corrected chi connectivity index (χ0v) is 24.0. The summed E-state index contributed by atoms with van der Waals surface area (Å²) in [4.78, 5) is 0. The minimum Gasteiger partial charge on any atom is -0.428 e. The van der Waals surface area contributed by atoms with Crippen molar-refractivity contribution in [3.63, 3.8) is 0 Å². The summed E-state index contributed by atoms with van der Waals surface area (Å²) in [5.74, 6) is 3.39. The van der Waals surface area contributed by atoms with E-state index in [4.69, 9.17) is 20.9 Å². The number of hydrogen-bond acceptors (Lipinski definition) is 4. The quantitative estimate of drug-likeness (QED) is 0.194. The predicted molar refractivity (Wildman–Crippen MR) is 158 cm³/mol. The molecule has 0 aliphatic heterocycles. The van der Waals surface area contributed by atoms with Crippen molar-refractivity contribution in [2.75, 3.05) is 5.75 Å². The first-order chi connectivity index (χ1) is 17.0. The highest BCUT2D eigenvalue weighted by molar-refractivity contribution is 8.68. The molecule has 0 N–H and O–H groups in total. The van der Waals surface area contributed by atoms with Crippen LogP contribution in [0.25, 0.3) is 0 Å². The Morgan fingerprint density at radius 2 is 1.17 bits per heavy atom. The first kappa shape index (κ1) is 27.8. The molecule has 0 aliphatic carbocycles. The molecule has 2 atom stereocenters. The van der Waals surface area contributed by atoms with Gasteiger partial charge in [0.1, 0.15) is 11.5 Å². The Kier molecular flexibility index (Phi) is 11.2. The maximum absolute atomic E-state index is 6.70. The molecule has 0 amide bonds. The van der Waals surface area contributed by atoms with Crippen molar-refractivity contribution in [1.82, 2.24) is 0 Å². The molecule has 2 nitrogen and oxygen atoms in total. The van der Waals surface area contributed by atoms with E-state index in [9.17, 15) is 0 Å². The van der Waals surface area contributed by atoms with Crippen LogP contribution in [0.4, 0.5) is 0 Å². The normalized spacial score (nSPS) is 14.6. The minimum atomic E-state index is -2.72. The van der Waals surface area contributed by atoms with E-state index in [-0.39, 0.29) is 0 Å². The minimum absolute atomic E-state index is 0.408. The van der Waals surface area contributed by atoms with Gasteiger partial charge in [0.25, 0.3) is 0 Å². The number of benzene rings is 3. The van der Waals surface area contributed by atoms with Crippen molar-refractivity contribution in [2.24, 2.45) is 0 Å². The summed E-state index contributed by atoms with van der Waals surface area (Å²) in [6.45, 7) is 8.98. The van der Waals surface area contributed by atoms with Crippen LogP contribution in [0.15, 0.2) is 78.9 Å². The Morgan fingerprint density at radius 3 is 1.66 bits per heavy atom. The summed E-state index contributed by atoms with van der Waals surface area (Å²) in [6.07, 6.45) is 5.42. The zero-order valence-electron chi connectivity index (χ0n) is 21.5. The highest BCUT2D eigenvalue weighted by Crippen LogP contribution is 2.61. The van der Waals surface area contributed by atoms with Crippen LogP contribution in [-0.2, 0) is 18.2 Å². The summed E-state index contributed by atoms with van der Waals surface area (Å²) in [5, 5.41) is 0. The molecule has 0 aromatic heterocycles. The van der Waals surface area contributed by atoms with Crippen LogP contribution in [0.3, 0.4) is 0 Å². The standard InChI is InChI=1S/C30H39O2PS2/c1-5-14-24(3)27-18-10-12-20-29(27)31-33(34,35-23-22-26-16-8-7-9-17-26)32-30-21-13-11-19-28(30)25(4)15-6-2/h7-13,16-21,24-25H,5-6,14-15,22-23H2,1-4H3. The predicted octanol–water partition coefficient (Wildman–Crippen LogP) is 10.2. The average Bonchev–Trinajstić information content (AvgIpc) is 2.85. The molecule has 0 aliphatic rings. The zero-order chi connectivity index (χ0) is 25.1. The lowest BCUT2D eigenvalue weighted by Gasteiger charge is -2.27. The molecule has 0 fully saturated rings. The van der Waals surface area contributed by atoms with Gasteiger partial charge in [-0.25, -0.2) is 0 Å². The molecule has 0 saturated carbocycles. The molecule has 3 aromatic carbocycles. The Morgan fingerprint density at radius 1 is 0.714 bits per heavy atom. The second-order valence-electron chi connectivity index (χ2n) is 9.15. The van der Waals surface area contributed by atoms with Crippen molar-refractivity contribution in [1.29, 1.82) is 0 Å². The molecular weight excluding hydrogens is 487 g/mol. The fourth-order valence-corrected chi connectivity index (χ4v) is 8.75. The van der Waals surface area contributed by atoms with Gasteiger partial charge in [0.05, 0.1) is 0 Å². The van der Waals surface area contributed by atoms with Crippen LogP contribution in [-0.4, -0.2) is 5.75 Å². The van der Waals surface area contributed by atoms with Crippen LogP contribution in [0, 0.1) is 0 Å². The van der Waals surface area contributed by atoms with Crippen LogP contribution in [0.1, 0.15) is 81.9 Å². The van der Waals surface area contributed by atoms with Crippen molar-refractivity contribution in [2.45, 2.75) is 71.6 Å². The number of para-hydroxylation sites is 2. The number of hydrogen-bond donors (Lipinski definition) is 0. The first-order valence-electron chi connectivity index (χ1n) is 12.8. The lowest BCUT2D eigenvalue weighted by molar-refractivity contribution is 0.489. The smallest absolute Gasteiger partial charge is 0.348 e. The van der Waals surface area contributed by atoms with Gasteiger partial charge in [0.15, 0.2) is 0 Å². The largest absolute Gasteiger partial charge is 0.428 e. The molecule has 2 unspecified atom stereocenters. The lowest BCUT2D eigenvalue weighted by atomic mass is 9.96. The maximum atomic E-state index is 6.70. The number of rotatable bonds is 14. The molecular formula is C30H39O2PS2. The molecule has 0 saturated heterocycles. The third kappa shape index (κ3) is 8.41. The molecule has 3 aromatic rings. The summed E-state index contributed by atoms with van der Waals surface area (Å²) in [6, 6.07) is 27.2. The lowest BCUT2D eigenvalue weighted by Crippen LogP contribution is -2.05. The van der Waals surface area contributed by atoms with E-state index in [2.05, 4.69) is 94.4 Å². The molecule has 0 spiro atoms. The van der Waals surface area contributed by atoms with E-state index >= 15 is 0 Å². The maximum Gasteiger partial charge on any atom is 0.348 e. The molecule has 188 valence electrons. The summed E-state index contributed by atoms with van der Waals surface area (Å²) in [5.41, 5.74) is 1.00. The van der Waals surface area contributed by atoms with Crippen molar-refractivity contribution in [3.05, 3.63) is 95.6 Å². The van der Waals surface area contributed by atoms with Gasteiger partial charge in [-0.05, 0) is 83.1 Å². The Bertz CT molecular complexity index is 1020. The fourth-order valence-electron chi connectivity index (χ4n) is 4.35. The van der Waals surface area contributed by atoms with Crippen molar-refractivity contribution < 1.29 is 9.05 Å². The van der Waals surface area contributed by atoms with Gasteiger partial charge in [-0.3, -0.25) is 0 Å². The van der Waals surface area contributed by atoms with E-state index in [1.165, 1.54) is 16.7 Å². The molecule has 0 radical (unpaired) electrons. The number of aryl methyl sites for hydroxylation is 1. The van der Waals surface area contributed by atoms with E-state index in [1.54, 1.807) is 11.4 Å². The van der Waals surface area contributed by atoms with Crippen molar-refractivity contribution in [3.8, 4) is 11.5 Å². The van der Waals surface area contributed by atoms with Crippen LogP contribution < -0.4 is 9.05 Å². The second kappa shape index (κ2) is 14.1. The first-order valence-corrected chi connectivity index (χ1v) is 17.0. The Balaban J connectivity index is 1.89. The van der Waals surface area contributed by atoms with Crippen LogP contribution in [0.2, 0.25) is 0 Å². The van der Waals surface area contributed by atoms with E-state index in [0.717, 1.165) is 49.4 Å². The van der Waals surface area contributed by atoms with Gasteiger partial charge in [0, 0.05) is 5.75 Å². The molecule has 0 bridgehead atoms.